The van der Waals surface area contributed by atoms with Crippen LogP contribution in [0.5, 0.6) is 0 Å². The van der Waals surface area contributed by atoms with E-state index in [1.165, 1.54) is 19.3 Å². The Bertz CT molecular complexity index is 589. The quantitative estimate of drug-likeness (QED) is 0.890. The monoisotopic (exact) mass is 286 g/mol. The molecule has 1 fully saturated rings. The molecule has 1 saturated carbocycles. The van der Waals surface area contributed by atoms with Crippen LogP contribution in [-0.2, 0) is 0 Å². The maximum atomic E-state index is 4.41. The summed E-state index contributed by atoms with van der Waals surface area (Å²) in [6.07, 6.45) is 7.63. The Morgan fingerprint density at radius 2 is 2.19 bits per heavy atom. The van der Waals surface area contributed by atoms with Crippen molar-refractivity contribution < 1.29 is 0 Å². The van der Waals surface area contributed by atoms with E-state index in [2.05, 4.69) is 41.0 Å². The number of rotatable bonds is 4. The van der Waals surface area contributed by atoms with E-state index in [1.54, 1.807) is 6.33 Å². The lowest BCUT2D eigenvalue weighted by Crippen LogP contribution is -2.32. The lowest BCUT2D eigenvalue weighted by Gasteiger charge is -2.37. The smallest absolute Gasteiger partial charge is 0.142 e. The molecule has 3 atom stereocenters. The van der Waals surface area contributed by atoms with Gasteiger partial charge in [-0.2, -0.15) is 0 Å². The van der Waals surface area contributed by atoms with E-state index < -0.39 is 0 Å². The van der Waals surface area contributed by atoms with Gasteiger partial charge in [-0.15, -0.1) is 0 Å². The molecule has 114 valence electrons. The summed E-state index contributed by atoms with van der Waals surface area (Å²) in [6.45, 7) is 8.13. The van der Waals surface area contributed by atoms with E-state index in [-0.39, 0.29) is 0 Å². The predicted molar refractivity (Wildman–Crippen MR) is 87.2 cm³/mol. The first kappa shape index (κ1) is 14.4. The second-order valence-corrected chi connectivity index (χ2v) is 6.93. The summed E-state index contributed by atoms with van der Waals surface area (Å²) >= 11 is 0. The van der Waals surface area contributed by atoms with Gasteiger partial charge in [0, 0.05) is 12.7 Å². The van der Waals surface area contributed by atoms with Gasteiger partial charge in [0.1, 0.15) is 17.8 Å². The molecule has 0 aliphatic heterocycles. The minimum Gasteiger partial charge on any atom is -0.369 e. The van der Waals surface area contributed by atoms with Crippen LogP contribution in [0.1, 0.15) is 40.0 Å². The van der Waals surface area contributed by atoms with E-state index in [0.29, 0.717) is 0 Å². The molecule has 0 amide bonds. The van der Waals surface area contributed by atoms with Gasteiger partial charge in [-0.1, -0.05) is 27.2 Å². The number of aromatic nitrogens is 3. The van der Waals surface area contributed by atoms with Crippen molar-refractivity contribution in [3.63, 3.8) is 0 Å². The molecule has 3 unspecified atom stereocenters. The van der Waals surface area contributed by atoms with Crippen molar-refractivity contribution in [2.75, 3.05) is 11.9 Å². The van der Waals surface area contributed by atoms with E-state index in [9.17, 15) is 0 Å². The molecule has 0 bridgehead atoms. The summed E-state index contributed by atoms with van der Waals surface area (Å²) in [6, 6.07) is 2.04. The molecule has 0 spiro atoms. The van der Waals surface area contributed by atoms with Crippen LogP contribution in [0.25, 0.3) is 11.0 Å². The van der Waals surface area contributed by atoms with Gasteiger partial charge in [-0.25, -0.2) is 9.97 Å². The third kappa shape index (κ3) is 3.04. The molecule has 4 nitrogen and oxygen atoms in total. The van der Waals surface area contributed by atoms with Crippen molar-refractivity contribution in [3.05, 3.63) is 18.6 Å². The molecule has 0 saturated heterocycles. The number of nitrogens with one attached hydrogen (secondary N) is 2. The van der Waals surface area contributed by atoms with Crippen LogP contribution in [0.3, 0.4) is 0 Å². The third-order valence-corrected chi connectivity index (χ3v) is 5.05. The van der Waals surface area contributed by atoms with Crippen LogP contribution < -0.4 is 5.32 Å². The zero-order valence-electron chi connectivity index (χ0n) is 13.3. The Hall–Kier alpha value is -1.58. The molecule has 0 aromatic carbocycles. The minimum absolute atomic E-state index is 0.748. The van der Waals surface area contributed by atoms with E-state index in [4.69, 9.17) is 0 Å². The van der Waals surface area contributed by atoms with Gasteiger partial charge < -0.3 is 10.3 Å². The number of H-pyrrole nitrogens is 1. The van der Waals surface area contributed by atoms with Crippen LogP contribution in [-0.4, -0.2) is 21.5 Å². The lowest BCUT2D eigenvalue weighted by molar-refractivity contribution is 0.153. The third-order valence-electron chi connectivity index (χ3n) is 5.05. The van der Waals surface area contributed by atoms with Crippen molar-refractivity contribution in [1.29, 1.82) is 0 Å². The summed E-state index contributed by atoms with van der Waals surface area (Å²) in [5.74, 6) is 4.16. The molecule has 2 aromatic heterocycles. The number of anilines is 1. The summed E-state index contributed by atoms with van der Waals surface area (Å²) < 4.78 is 0. The van der Waals surface area contributed by atoms with Crippen LogP contribution in [0.2, 0.25) is 0 Å². The van der Waals surface area contributed by atoms with Crippen molar-refractivity contribution >= 4 is 16.9 Å². The second kappa shape index (κ2) is 6.04. The van der Waals surface area contributed by atoms with E-state index in [0.717, 1.165) is 47.1 Å². The molecule has 2 N–H and O–H groups in total. The fourth-order valence-electron chi connectivity index (χ4n) is 3.88. The summed E-state index contributed by atoms with van der Waals surface area (Å²) in [5.41, 5.74) is 0.907. The van der Waals surface area contributed by atoms with Crippen LogP contribution in [0.4, 0.5) is 5.82 Å². The van der Waals surface area contributed by atoms with Crippen LogP contribution in [0, 0.1) is 23.7 Å². The molecular weight excluding hydrogens is 260 g/mol. The molecule has 1 aliphatic carbocycles. The molecule has 2 aromatic rings. The first-order chi connectivity index (χ1) is 10.1. The van der Waals surface area contributed by atoms with Crippen molar-refractivity contribution in [1.82, 2.24) is 15.0 Å². The summed E-state index contributed by atoms with van der Waals surface area (Å²) in [4.78, 5) is 11.8. The standard InChI is InChI=1S/C17H26N4/c1-11(2)14-5-4-12(3)8-13(14)9-19-17-15-6-7-18-16(15)20-10-21-17/h6-7,10-14H,4-5,8-9H2,1-3H3,(H2,18,19,20,21). The number of aromatic amines is 1. The highest BCUT2D eigenvalue weighted by Crippen LogP contribution is 2.38. The lowest BCUT2D eigenvalue weighted by atomic mass is 9.70. The van der Waals surface area contributed by atoms with Gasteiger partial charge >= 0.3 is 0 Å². The highest BCUT2D eigenvalue weighted by atomic mass is 15.0. The topological polar surface area (TPSA) is 53.6 Å². The summed E-state index contributed by atoms with van der Waals surface area (Å²) in [5, 5.41) is 4.66. The van der Waals surface area contributed by atoms with Crippen LogP contribution >= 0.6 is 0 Å². The fraction of sp³-hybridized carbons (Fsp3) is 0.647. The van der Waals surface area contributed by atoms with Gasteiger partial charge in [-0.3, -0.25) is 0 Å². The van der Waals surface area contributed by atoms with Gasteiger partial charge in [0.05, 0.1) is 5.39 Å². The fourth-order valence-corrected chi connectivity index (χ4v) is 3.88. The average Bonchev–Trinajstić information content (AvgIpc) is 2.93. The van der Waals surface area contributed by atoms with Crippen LogP contribution in [0.15, 0.2) is 18.6 Å². The average molecular weight is 286 g/mol. The molecule has 2 heterocycles. The Balaban J connectivity index is 1.71. The maximum absolute atomic E-state index is 4.41. The zero-order valence-corrected chi connectivity index (χ0v) is 13.3. The Morgan fingerprint density at radius 3 is 3.00 bits per heavy atom. The Kier molecular flexibility index (Phi) is 4.13. The Morgan fingerprint density at radius 1 is 1.33 bits per heavy atom. The van der Waals surface area contributed by atoms with Crippen molar-refractivity contribution in [2.24, 2.45) is 23.7 Å². The predicted octanol–water partition coefficient (Wildman–Crippen LogP) is 4.08. The molecule has 21 heavy (non-hydrogen) atoms. The highest BCUT2D eigenvalue weighted by Gasteiger charge is 2.30. The normalized spacial score (nSPS) is 26.4. The number of hydrogen-bond acceptors (Lipinski definition) is 3. The molecule has 1 aliphatic rings. The highest BCUT2D eigenvalue weighted by molar-refractivity contribution is 5.86. The number of fused-ring (bicyclic) bond motifs is 1. The van der Waals surface area contributed by atoms with Gasteiger partial charge in [0.2, 0.25) is 0 Å². The van der Waals surface area contributed by atoms with Gasteiger partial charge in [0.15, 0.2) is 0 Å². The first-order valence-corrected chi connectivity index (χ1v) is 8.17. The minimum atomic E-state index is 0.748. The first-order valence-electron chi connectivity index (χ1n) is 8.17. The van der Waals surface area contributed by atoms with Crippen molar-refractivity contribution in [3.8, 4) is 0 Å². The maximum Gasteiger partial charge on any atom is 0.142 e. The SMILES string of the molecule is CC1CCC(C(C)C)C(CNc2ncnc3[nH]ccc23)C1. The van der Waals surface area contributed by atoms with E-state index in [1.807, 2.05) is 12.3 Å². The Labute approximate surface area is 126 Å². The second-order valence-electron chi connectivity index (χ2n) is 6.93. The molecule has 0 radical (unpaired) electrons. The molecule has 3 rings (SSSR count). The zero-order chi connectivity index (χ0) is 14.8. The number of nitrogens with zero attached hydrogens (tertiary/aromatic N) is 2. The van der Waals surface area contributed by atoms with Gasteiger partial charge in [-0.05, 0) is 42.6 Å². The molecular formula is C17H26N4. The largest absolute Gasteiger partial charge is 0.369 e. The van der Waals surface area contributed by atoms with Crippen molar-refractivity contribution in [2.45, 2.75) is 40.0 Å². The van der Waals surface area contributed by atoms with Gasteiger partial charge in [0.25, 0.3) is 0 Å². The summed E-state index contributed by atoms with van der Waals surface area (Å²) in [7, 11) is 0. The molecule has 4 heteroatoms. The van der Waals surface area contributed by atoms with E-state index >= 15 is 0 Å². The number of hydrogen-bond donors (Lipinski definition) is 2.